The Balaban J connectivity index is 1.46. The van der Waals surface area contributed by atoms with Gasteiger partial charge in [0, 0.05) is 15.9 Å². The summed E-state index contributed by atoms with van der Waals surface area (Å²) in [6.07, 6.45) is 2.88. The molecule has 4 aromatic carbocycles. The molecule has 1 N–H and O–H groups in total. The molecule has 0 saturated carbocycles. The second-order valence-electron chi connectivity index (χ2n) is 10.0. The predicted octanol–water partition coefficient (Wildman–Crippen LogP) is 7.09. The molecule has 0 aliphatic carbocycles. The Morgan fingerprint density at radius 1 is 0.694 bits per heavy atom. The van der Waals surface area contributed by atoms with Gasteiger partial charge in [0.25, 0.3) is 0 Å². The van der Waals surface area contributed by atoms with Crippen molar-refractivity contribution >= 4 is 11.6 Å². The number of piperidine rings is 1. The average molecular weight is 496 g/mol. The lowest BCUT2D eigenvalue weighted by molar-refractivity contribution is 0.0983. The average Bonchev–Trinajstić information content (AvgIpc) is 2.95. The van der Waals surface area contributed by atoms with Crippen molar-refractivity contribution in [2.75, 3.05) is 26.2 Å². The lowest BCUT2D eigenvalue weighted by atomic mass is 9.67. The zero-order valence-corrected chi connectivity index (χ0v) is 21.4. The number of hydrogen-bond acceptors (Lipinski definition) is 2. The number of rotatable bonds is 8. The Labute approximate surface area is 220 Å². The van der Waals surface area contributed by atoms with Crippen molar-refractivity contribution in [3.63, 3.8) is 0 Å². The summed E-state index contributed by atoms with van der Waals surface area (Å²) in [6.45, 7) is 3.12. The van der Waals surface area contributed by atoms with Crippen molar-refractivity contribution in [2.24, 2.45) is 0 Å². The van der Waals surface area contributed by atoms with Crippen molar-refractivity contribution in [2.45, 2.75) is 30.1 Å². The van der Waals surface area contributed by atoms with Crippen LogP contribution in [-0.4, -0.2) is 36.2 Å². The van der Waals surface area contributed by atoms with E-state index >= 15 is 0 Å². The molecule has 1 aliphatic rings. The SMILES string of the molecule is OCC1(c2ccccc2)CCN(CCC(c2ccccc2)(c2ccccc2)c2cccc(Cl)c2)CC1. The van der Waals surface area contributed by atoms with Crippen LogP contribution in [0.3, 0.4) is 0 Å². The number of halogens is 1. The highest BCUT2D eigenvalue weighted by atomic mass is 35.5. The zero-order valence-electron chi connectivity index (χ0n) is 20.7. The summed E-state index contributed by atoms with van der Waals surface area (Å²) in [6, 6.07) is 40.6. The molecule has 0 bridgehead atoms. The van der Waals surface area contributed by atoms with Gasteiger partial charge in [-0.1, -0.05) is 115 Å². The molecule has 0 atom stereocenters. The molecule has 1 aliphatic heterocycles. The molecule has 1 saturated heterocycles. The van der Waals surface area contributed by atoms with Gasteiger partial charge in [-0.3, -0.25) is 0 Å². The van der Waals surface area contributed by atoms with E-state index in [0.29, 0.717) is 0 Å². The van der Waals surface area contributed by atoms with E-state index in [1.807, 2.05) is 12.1 Å². The molecule has 1 fully saturated rings. The molecule has 2 nitrogen and oxygen atoms in total. The van der Waals surface area contributed by atoms with Crippen molar-refractivity contribution in [3.05, 3.63) is 143 Å². The van der Waals surface area contributed by atoms with Gasteiger partial charge in [0.15, 0.2) is 0 Å². The summed E-state index contributed by atoms with van der Waals surface area (Å²) in [5, 5.41) is 11.1. The highest BCUT2D eigenvalue weighted by Crippen LogP contribution is 2.43. The Morgan fingerprint density at radius 3 is 1.75 bits per heavy atom. The Bertz CT molecular complexity index is 1190. The number of aliphatic hydroxyl groups is 1. The van der Waals surface area contributed by atoms with Gasteiger partial charge < -0.3 is 10.0 Å². The molecule has 4 aromatic rings. The molecule has 36 heavy (non-hydrogen) atoms. The molecule has 0 aromatic heterocycles. The minimum absolute atomic E-state index is 0.138. The van der Waals surface area contributed by atoms with E-state index < -0.39 is 0 Å². The molecular weight excluding hydrogens is 462 g/mol. The minimum atomic E-state index is -0.307. The summed E-state index contributed by atoms with van der Waals surface area (Å²) in [4.78, 5) is 2.57. The fourth-order valence-electron chi connectivity index (χ4n) is 5.99. The largest absolute Gasteiger partial charge is 0.395 e. The van der Waals surface area contributed by atoms with Crippen molar-refractivity contribution in [1.29, 1.82) is 0 Å². The summed E-state index contributed by atoms with van der Waals surface area (Å²) < 4.78 is 0. The Morgan fingerprint density at radius 2 is 1.22 bits per heavy atom. The van der Waals surface area contributed by atoms with E-state index in [9.17, 15) is 5.11 Å². The number of likely N-dealkylation sites (tertiary alicyclic amines) is 1. The van der Waals surface area contributed by atoms with Crippen LogP contribution in [0.4, 0.5) is 0 Å². The van der Waals surface area contributed by atoms with E-state index in [1.165, 1.54) is 22.3 Å². The first-order chi connectivity index (χ1) is 17.7. The molecule has 0 amide bonds. The molecule has 0 spiro atoms. The number of aliphatic hydroxyl groups excluding tert-OH is 1. The first-order valence-electron chi connectivity index (χ1n) is 12.9. The van der Waals surface area contributed by atoms with E-state index in [1.54, 1.807) is 0 Å². The second kappa shape index (κ2) is 11.0. The Kier molecular flexibility index (Phi) is 7.57. The topological polar surface area (TPSA) is 23.5 Å². The third-order valence-corrected chi connectivity index (χ3v) is 8.39. The molecule has 184 valence electrons. The van der Waals surface area contributed by atoms with Crippen LogP contribution in [0.25, 0.3) is 0 Å². The van der Waals surface area contributed by atoms with Crippen LogP contribution in [0.5, 0.6) is 0 Å². The summed E-state index contributed by atoms with van der Waals surface area (Å²) in [7, 11) is 0. The van der Waals surface area contributed by atoms with Crippen LogP contribution in [-0.2, 0) is 10.8 Å². The molecule has 3 heteroatoms. The summed E-state index contributed by atoms with van der Waals surface area (Å²) in [5.41, 5.74) is 4.60. The quantitative estimate of drug-likeness (QED) is 0.264. The monoisotopic (exact) mass is 495 g/mol. The smallest absolute Gasteiger partial charge is 0.0528 e. The summed E-state index contributed by atoms with van der Waals surface area (Å²) in [5.74, 6) is 0. The maximum Gasteiger partial charge on any atom is 0.0528 e. The highest BCUT2D eigenvalue weighted by Gasteiger charge is 2.39. The third kappa shape index (κ3) is 4.86. The van der Waals surface area contributed by atoms with Crippen molar-refractivity contribution < 1.29 is 5.11 Å². The van der Waals surface area contributed by atoms with Crippen LogP contribution in [0.2, 0.25) is 5.02 Å². The van der Waals surface area contributed by atoms with Crippen molar-refractivity contribution in [1.82, 2.24) is 4.90 Å². The van der Waals surface area contributed by atoms with E-state index in [2.05, 4.69) is 108 Å². The van der Waals surface area contributed by atoms with Crippen LogP contribution >= 0.6 is 11.6 Å². The van der Waals surface area contributed by atoms with Gasteiger partial charge in [0.2, 0.25) is 0 Å². The minimum Gasteiger partial charge on any atom is -0.395 e. The maximum absolute atomic E-state index is 10.4. The number of hydrogen-bond donors (Lipinski definition) is 1. The molecule has 1 heterocycles. The molecular formula is C33H34ClNO. The fourth-order valence-corrected chi connectivity index (χ4v) is 6.18. The molecule has 0 radical (unpaired) electrons. The van der Waals surface area contributed by atoms with Gasteiger partial charge in [-0.2, -0.15) is 0 Å². The lowest BCUT2D eigenvalue weighted by Gasteiger charge is -2.43. The standard InChI is InChI=1S/C33H34ClNO/c34-31-18-10-17-30(25-31)33(28-13-6-2-7-14-28,29-15-8-3-9-16-29)21-24-35-22-19-32(26-36,20-23-35)27-11-4-1-5-12-27/h1-18,25,36H,19-24,26H2. The van der Waals surface area contributed by atoms with Gasteiger partial charge >= 0.3 is 0 Å². The summed E-state index contributed by atoms with van der Waals surface area (Å²) >= 11 is 6.55. The van der Waals surface area contributed by atoms with Gasteiger partial charge in [0.05, 0.1) is 6.61 Å². The van der Waals surface area contributed by atoms with Crippen LogP contribution in [0, 0.1) is 0 Å². The van der Waals surface area contributed by atoms with E-state index in [-0.39, 0.29) is 17.4 Å². The highest BCUT2D eigenvalue weighted by molar-refractivity contribution is 6.30. The van der Waals surface area contributed by atoms with Gasteiger partial charge in [-0.15, -0.1) is 0 Å². The van der Waals surface area contributed by atoms with Gasteiger partial charge in [0.1, 0.15) is 0 Å². The fraction of sp³-hybridized carbons (Fsp3) is 0.273. The first kappa shape index (κ1) is 24.8. The third-order valence-electron chi connectivity index (χ3n) is 8.16. The lowest BCUT2D eigenvalue weighted by Crippen LogP contribution is -2.46. The van der Waals surface area contributed by atoms with Gasteiger partial charge in [-0.25, -0.2) is 0 Å². The normalized spacial score (nSPS) is 16.1. The Hall–Kier alpha value is -2.91. The van der Waals surface area contributed by atoms with E-state index in [4.69, 9.17) is 11.6 Å². The van der Waals surface area contributed by atoms with Gasteiger partial charge in [-0.05, 0) is 73.3 Å². The first-order valence-corrected chi connectivity index (χ1v) is 13.3. The second-order valence-corrected chi connectivity index (χ2v) is 10.5. The maximum atomic E-state index is 10.4. The predicted molar refractivity (Wildman–Crippen MR) is 150 cm³/mol. The zero-order chi connectivity index (χ0) is 24.8. The van der Waals surface area contributed by atoms with E-state index in [0.717, 1.165) is 43.9 Å². The van der Waals surface area contributed by atoms with Crippen LogP contribution < -0.4 is 0 Å². The number of benzene rings is 4. The molecule has 0 unspecified atom stereocenters. The van der Waals surface area contributed by atoms with Crippen molar-refractivity contribution in [3.8, 4) is 0 Å². The van der Waals surface area contributed by atoms with Crippen LogP contribution in [0.1, 0.15) is 41.5 Å². The number of nitrogens with zero attached hydrogens (tertiary/aromatic N) is 1. The molecule has 5 rings (SSSR count). The van der Waals surface area contributed by atoms with Crippen LogP contribution in [0.15, 0.2) is 115 Å².